The molecular formula is C17H28N4O4. The Kier molecular flexibility index (Phi) is 9.84. The van der Waals surface area contributed by atoms with Gasteiger partial charge in [-0.3, -0.25) is 9.79 Å². The van der Waals surface area contributed by atoms with Gasteiger partial charge in [0.05, 0.1) is 27.4 Å². The van der Waals surface area contributed by atoms with E-state index in [2.05, 4.69) is 20.9 Å². The monoisotopic (exact) mass is 352 g/mol. The first-order valence-corrected chi connectivity index (χ1v) is 8.05. The minimum Gasteiger partial charge on any atom is -0.493 e. The second kappa shape index (κ2) is 12.0. The molecule has 140 valence electrons. The molecule has 0 atom stereocenters. The first kappa shape index (κ1) is 20.6. The van der Waals surface area contributed by atoms with Gasteiger partial charge in [-0.05, 0) is 24.1 Å². The highest BCUT2D eigenvalue weighted by Crippen LogP contribution is 2.27. The van der Waals surface area contributed by atoms with Crippen LogP contribution in [0.25, 0.3) is 0 Å². The Balaban J connectivity index is 2.37. The van der Waals surface area contributed by atoms with E-state index < -0.39 is 0 Å². The molecule has 0 aliphatic carbocycles. The van der Waals surface area contributed by atoms with Crippen molar-refractivity contribution in [2.24, 2.45) is 4.99 Å². The average Bonchev–Trinajstić information content (AvgIpc) is 2.64. The molecular weight excluding hydrogens is 324 g/mol. The summed E-state index contributed by atoms with van der Waals surface area (Å²) < 4.78 is 15.4. The van der Waals surface area contributed by atoms with Crippen molar-refractivity contribution in [3.63, 3.8) is 0 Å². The third-order valence-electron chi connectivity index (χ3n) is 3.42. The molecule has 25 heavy (non-hydrogen) atoms. The molecule has 0 heterocycles. The van der Waals surface area contributed by atoms with E-state index in [9.17, 15) is 4.79 Å². The van der Waals surface area contributed by atoms with Gasteiger partial charge < -0.3 is 30.2 Å². The minimum absolute atomic E-state index is 0.111. The van der Waals surface area contributed by atoms with E-state index in [4.69, 9.17) is 14.2 Å². The third-order valence-corrected chi connectivity index (χ3v) is 3.42. The molecule has 0 spiro atoms. The number of amides is 1. The van der Waals surface area contributed by atoms with Crippen LogP contribution in [0.4, 0.5) is 0 Å². The lowest BCUT2D eigenvalue weighted by Crippen LogP contribution is -2.44. The Morgan fingerprint density at radius 1 is 1.04 bits per heavy atom. The second-order valence-corrected chi connectivity index (χ2v) is 5.13. The standard InChI is InChI=1S/C17H28N4O4/c1-18-17(21-12-16(22)19-9-10-23-2)20-8-7-13-5-6-14(24-3)15(11-13)25-4/h5-6,11H,7-10,12H2,1-4H3,(H,19,22)(H2,18,20,21). The number of aliphatic imine (C=N–C) groups is 1. The van der Waals surface area contributed by atoms with Gasteiger partial charge >= 0.3 is 0 Å². The van der Waals surface area contributed by atoms with Crippen molar-refractivity contribution in [2.45, 2.75) is 6.42 Å². The average molecular weight is 352 g/mol. The maximum atomic E-state index is 11.6. The molecule has 3 N–H and O–H groups in total. The largest absolute Gasteiger partial charge is 0.493 e. The van der Waals surface area contributed by atoms with Gasteiger partial charge in [0.2, 0.25) is 5.91 Å². The van der Waals surface area contributed by atoms with Crippen LogP contribution >= 0.6 is 0 Å². The molecule has 0 aromatic heterocycles. The van der Waals surface area contributed by atoms with E-state index >= 15 is 0 Å². The van der Waals surface area contributed by atoms with Crippen molar-refractivity contribution in [3.05, 3.63) is 23.8 Å². The summed E-state index contributed by atoms with van der Waals surface area (Å²) in [6.07, 6.45) is 0.779. The molecule has 1 aromatic rings. The normalized spacial score (nSPS) is 11.0. The first-order chi connectivity index (χ1) is 12.1. The van der Waals surface area contributed by atoms with Gasteiger partial charge in [-0.2, -0.15) is 0 Å². The van der Waals surface area contributed by atoms with E-state index in [1.165, 1.54) is 0 Å². The Labute approximate surface area is 148 Å². The zero-order chi connectivity index (χ0) is 18.5. The van der Waals surface area contributed by atoms with Crippen molar-refractivity contribution in [1.29, 1.82) is 0 Å². The number of hydrogen-bond acceptors (Lipinski definition) is 5. The van der Waals surface area contributed by atoms with Gasteiger partial charge in [0.1, 0.15) is 0 Å². The molecule has 0 bridgehead atoms. The molecule has 1 rings (SSSR count). The number of benzene rings is 1. The summed E-state index contributed by atoms with van der Waals surface area (Å²) in [6, 6.07) is 5.81. The number of carbonyl (C=O) groups excluding carboxylic acids is 1. The van der Waals surface area contributed by atoms with Crippen LogP contribution in [-0.2, 0) is 16.0 Å². The first-order valence-electron chi connectivity index (χ1n) is 8.05. The van der Waals surface area contributed by atoms with Crippen molar-refractivity contribution >= 4 is 11.9 Å². The number of rotatable bonds is 10. The van der Waals surface area contributed by atoms with Crippen molar-refractivity contribution in [3.8, 4) is 11.5 Å². The van der Waals surface area contributed by atoms with Crippen LogP contribution in [0.3, 0.4) is 0 Å². The van der Waals surface area contributed by atoms with Crippen molar-refractivity contribution in [2.75, 3.05) is 54.6 Å². The van der Waals surface area contributed by atoms with Crippen LogP contribution in [0.15, 0.2) is 23.2 Å². The van der Waals surface area contributed by atoms with Crippen LogP contribution < -0.4 is 25.4 Å². The molecule has 0 radical (unpaired) electrons. The van der Waals surface area contributed by atoms with Gasteiger partial charge in [0.15, 0.2) is 17.5 Å². The number of carbonyl (C=O) groups is 1. The van der Waals surface area contributed by atoms with E-state index in [1.54, 1.807) is 28.4 Å². The lowest BCUT2D eigenvalue weighted by Gasteiger charge is -2.13. The number of ether oxygens (including phenoxy) is 3. The molecule has 1 amide bonds. The predicted molar refractivity (Wildman–Crippen MR) is 97.5 cm³/mol. The zero-order valence-corrected chi connectivity index (χ0v) is 15.3. The summed E-state index contributed by atoms with van der Waals surface area (Å²) in [6.45, 7) is 1.80. The Morgan fingerprint density at radius 3 is 2.44 bits per heavy atom. The van der Waals surface area contributed by atoms with Crippen molar-refractivity contribution < 1.29 is 19.0 Å². The highest BCUT2D eigenvalue weighted by molar-refractivity contribution is 5.86. The van der Waals surface area contributed by atoms with Crippen molar-refractivity contribution in [1.82, 2.24) is 16.0 Å². The zero-order valence-electron chi connectivity index (χ0n) is 15.3. The SMILES string of the molecule is CN=C(NCCc1ccc(OC)c(OC)c1)NCC(=O)NCCOC. The molecule has 0 aliphatic heterocycles. The highest BCUT2D eigenvalue weighted by Gasteiger charge is 2.06. The van der Waals surface area contributed by atoms with Gasteiger partial charge in [0, 0.05) is 27.2 Å². The summed E-state index contributed by atoms with van der Waals surface area (Å²) in [5.74, 6) is 1.87. The smallest absolute Gasteiger partial charge is 0.239 e. The lowest BCUT2D eigenvalue weighted by molar-refractivity contribution is -0.120. The van der Waals surface area contributed by atoms with E-state index in [0.717, 1.165) is 12.0 Å². The lowest BCUT2D eigenvalue weighted by atomic mass is 10.1. The Hall–Kier alpha value is -2.48. The highest BCUT2D eigenvalue weighted by atomic mass is 16.5. The maximum absolute atomic E-state index is 11.6. The van der Waals surface area contributed by atoms with E-state index in [0.29, 0.717) is 37.2 Å². The summed E-state index contributed by atoms with van der Waals surface area (Å²) in [5.41, 5.74) is 1.11. The molecule has 0 saturated heterocycles. The fourth-order valence-electron chi connectivity index (χ4n) is 2.10. The number of hydrogen-bond donors (Lipinski definition) is 3. The number of nitrogens with zero attached hydrogens (tertiary/aromatic N) is 1. The molecule has 0 fully saturated rings. The molecule has 8 heteroatoms. The number of methoxy groups -OCH3 is 3. The van der Waals surface area contributed by atoms with Gasteiger partial charge in [0.25, 0.3) is 0 Å². The summed E-state index contributed by atoms with van der Waals surface area (Å²) in [5, 5.41) is 8.87. The van der Waals surface area contributed by atoms with Gasteiger partial charge in [-0.25, -0.2) is 0 Å². The second-order valence-electron chi connectivity index (χ2n) is 5.13. The molecule has 0 unspecified atom stereocenters. The summed E-state index contributed by atoms with van der Waals surface area (Å²) in [7, 11) is 6.48. The summed E-state index contributed by atoms with van der Waals surface area (Å²) >= 11 is 0. The number of guanidine groups is 1. The topological polar surface area (TPSA) is 93.2 Å². The summed E-state index contributed by atoms with van der Waals surface area (Å²) in [4.78, 5) is 15.7. The molecule has 0 saturated carbocycles. The third kappa shape index (κ3) is 7.75. The molecule has 8 nitrogen and oxygen atoms in total. The van der Waals surface area contributed by atoms with Crippen LogP contribution in [-0.4, -0.2) is 66.5 Å². The fourth-order valence-corrected chi connectivity index (χ4v) is 2.10. The van der Waals surface area contributed by atoms with Crippen LogP contribution in [0, 0.1) is 0 Å². The van der Waals surface area contributed by atoms with Gasteiger partial charge in [-0.1, -0.05) is 6.07 Å². The van der Waals surface area contributed by atoms with Crippen LogP contribution in [0.5, 0.6) is 11.5 Å². The van der Waals surface area contributed by atoms with Crippen LogP contribution in [0.2, 0.25) is 0 Å². The molecule has 1 aromatic carbocycles. The minimum atomic E-state index is -0.111. The predicted octanol–water partition coefficient (Wildman–Crippen LogP) is 0.174. The number of nitrogens with one attached hydrogen (secondary N) is 3. The Morgan fingerprint density at radius 2 is 1.80 bits per heavy atom. The Bertz CT molecular complexity index is 564. The quantitative estimate of drug-likeness (QED) is 0.316. The fraction of sp³-hybridized carbons (Fsp3) is 0.529. The maximum Gasteiger partial charge on any atom is 0.239 e. The van der Waals surface area contributed by atoms with E-state index in [-0.39, 0.29) is 12.5 Å². The van der Waals surface area contributed by atoms with Crippen LogP contribution in [0.1, 0.15) is 5.56 Å². The molecule has 0 aliphatic rings. The van der Waals surface area contributed by atoms with E-state index in [1.807, 2.05) is 18.2 Å². The van der Waals surface area contributed by atoms with Gasteiger partial charge in [-0.15, -0.1) is 0 Å².